The van der Waals surface area contributed by atoms with Gasteiger partial charge >= 0.3 is 0 Å². The van der Waals surface area contributed by atoms with E-state index in [2.05, 4.69) is 37.2 Å². The number of alkyl halides is 1. The van der Waals surface area contributed by atoms with Crippen LogP contribution in [0.2, 0.25) is 0 Å². The molecule has 0 fully saturated rings. The summed E-state index contributed by atoms with van der Waals surface area (Å²) < 4.78 is 0.508. The van der Waals surface area contributed by atoms with Crippen LogP contribution in [0.5, 0.6) is 0 Å². The molecule has 0 radical (unpaired) electrons. The number of non-ortho nitro benzene ring substituents is 1. The van der Waals surface area contributed by atoms with Gasteiger partial charge in [-0.1, -0.05) is 38.8 Å². The second kappa shape index (κ2) is 6.84. The standard InChI is InChI=1S/C11H12Br2N2O3/c1-2-9(6-12)14-11(16)7-3-8(13)5-10(4-7)15(17)18/h3-5,9H,2,6H2,1H3,(H,14,16). The molecule has 1 rings (SSSR count). The molecule has 98 valence electrons. The van der Waals surface area contributed by atoms with Gasteiger partial charge < -0.3 is 5.32 Å². The Morgan fingerprint density at radius 2 is 2.17 bits per heavy atom. The molecule has 0 aliphatic heterocycles. The fourth-order valence-electron chi connectivity index (χ4n) is 1.33. The molecule has 1 aromatic rings. The fourth-order valence-corrected chi connectivity index (χ4v) is 2.43. The molecule has 0 aliphatic carbocycles. The first-order valence-corrected chi connectivity index (χ1v) is 7.21. The van der Waals surface area contributed by atoms with Crippen molar-refractivity contribution in [1.29, 1.82) is 0 Å². The van der Waals surface area contributed by atoms with Crippen LogP contribution in [-0.2, 0) is 0 Å². The third-order valence-electron chi connectivity index (χ3n) is 2.37. The van der Waals surface area contributed by atoms with Gasteiger partial charge in [-0.25, -0.2) is 0 Å². The van der Waals surface area contributed by atoms with Crippen molar-refractivity contribution in [3.63, 3.8) is 0 Å². The van der Waals surface area contributed by atoms with E-state index in [0.29, 0.717) is 9.80 Å². The van der Waals surface area contributed by atoms with Gasteiger partial charge in [0.05, 0.1) is 4.92 Å². The number of hydrogen-bond acceptors (Lipinski definition) is 3. The molecule has 0 heterocycles. The van der Waals surface area contributed by atoms with Crippen molar-refractivity contribution in [1.82, 2.24) is 5.32 Å². The summed E-state index contributed by atoms with van der Waals surface area (Å²) >= 11 is 6.45. The van der Waals surface area contributed by atoms with Crippen LogP contribution >= 0.6 is 31.9 Å². The van der Waals surface area contributed by atoms with Crippen LogP contribution < -0.4 is 5.32 Å². The highest BCUT2D eigenvalue weighted by molar-refractivity contribution is 9.10. The number of nitro benzene ring substituents is 1. The first-order chi connectivity index (χ1) is 8.47. The third-order valence-corrected chi connectivity index (χ3v) is 3.61. The molecular weight excluding hydrogens is 368 g/mol. The van der Waals surface area contributed by atoms with Crippen molar-refractivity contribution < 1.29 is 9.72 Å². The molecule has 0 aliphatic rings. The minimum absolute atomic E-state index is 0.00976. The molecule has 1 unspecified atom stereocenters. The number of halogens is 2. The van der Waals surface area contributed by atoms with Gasteiger partial charge in [-0.15, -0.1) is 0 Å². The van der Waals surface area contributed by atoms with E-state index in [-0.39, 0.29) is 23.2 Å². The molecule has 0 bridgehead atoms. The van der Waals surface area contributed by atoms with Crippen molar-refractivity contribution in [2.75, 3.05) is 5.33 Å². The first kappa shape index (κ1) is 15.1. The normalized spacial score (nSPS) is 11.9. The van der Waals surface area contributed by atoms with Gasteiger partial charge in [0.2, 0.25) is 0 Å². The average molecular weight is 380 g/mol. The zero-order valence-electron chi connectivity index (χ0n) is 9.65. The lowest BCUT2D eigenvalue weighted by Crippen LogP contribution is -2.35. The number of carbonyl (C=O) groups excluding carboxylic acids is 1. The number of amides is 1. The Bertz CT molecular complexity index is 462. The van der Waals surface area contributed by atoms with Crippen LogP contribution in [0.4, 0.5) is 5.69 Å². The summed E-state index contributed by atoms with van der Waals surface area (Å²) in [6.45, 7) is 1.95. The number of benzene rings is 1. The van der Waals surface area contributed by atoms with Crippen LogP contribution in [0.25, 0.3) is 0 Å². The van der Waals surface area contributed by atoms with Gasteiger partial charge in [-0.2, -0.15) is 0 Å². The molecule has 0 saturated heterocycles. The van der Waals surface area contributed by atoms with Gasteiger partial charge in [0.25, 0.3) is 11.6 Å². The zero-order valence-corrected chi connectivity index (χ0v) is 12.8. The number of rotatable bonds is 5. The average Bonchev–Trinajstić information content (AvgIpc) is 2.34. The minimum Gasteiger partial charge on any atom is -0.348 e. The minimum atomic E-state index is -0.524. The van der Waals surface area contributed by atoms with Crippen LogP contribution in [-0.4, -0.2) is 22.2 Å². The molecule has 0 spiro atoms. The summed E-state index contributed by atoms with van der Waals surface area (Å²) in [5, 5.41) is 14.1. The van der Waals surface area contributed by atoms with E-state index in [4.69, 9.17) is 0 Å². The van der Waals surface area contributed by atoms with Gasteiger partial charge in [-0.05, 0) is 12.5 Å². The zero-order chi connectivity index (χ0) is 13.7. The van der Waals surface area contributed by atoms with Gasteiger partial charge in [0.1, 0.15) is 0 Å². The quantitative estimate of drug-likeness (QED) is 0.484. The van der Waals surface area contributed by atoms with Crippen molar-refractivity contribution in [2.24, 2.45) is 0 Å². The lowest BCUT2D eigenvalue weighted by Gasteiger charge is -2.13. The highest BCUT2D eigenvalue weighted by atomic mass is 79.9. The van der Waals surface area contributed by atoms with E-state index >= 15 is 0 Å². The van der Waals surface area contributed by atoms with Crippen LogP contribution in [0.3, 0.4) is 0 Å². The van der Waals surface area contributed by atoms with Crippen LogP contribution in [0.1, 0.15) is 23.7 Å². The summed E-state index contributed by atoms with van der Waals surface area (Å²) in [5.74, 6) is -0.314. The highest BCUT2D eigenvalue weighted by Crippen LogP contribution is 2.21. The van der Waals surface area contributed by atoms with E-state index in [0.717, 1.165) is 6.42 Å². The second-order valence-electron chi connectivity index (χ2n) is 3.69. The Morgan fingerprint density at radius 1 is 1.50 bits per heavy atom. The van der Waals surface area contributed by atoms with Gasteiger partial charge in [0, 0.05) is 33.5 Å². The highest BCUT2D eigenvalue weighted by Gasteiger charge is 2.15. The number of hydrogen-bond donors (Lipinski definition) is 1. The Hall–Kier alpha value is -0.950. The molecule has 1 N–H and O–H groups in total. The predicted molar refractivity (Wildman–Crippen MR) is 76.1 cm³/mol. The van der Waals surface area contributed by atoms with E-state index in [9.17, 15) is 14.9 Å². The fraction of sp³-hybridized carbons (Fsp3) is 0.364. The van der Waals surface area contributed by atoms with Crippen molar-refractivity contribution in [3.05, 3.63) is 38.3 Å². The topological polar surface area (TPSA) is 72.2 Å². The molecule has 1 aromatic carbocycles. The summed E-state index contributed by atoms with van der Waals surface area (Å²) in [5.41, 5.74) is 0.164. The second-order valence-corrected chi connectivity index (χ2v) is 5.25. The lowest BCUT2D eigenvalue weighted by molar-refractivity contribution is -0.385. The van der Waals surface area contributed by atoms with E-state index in [1.54, 1.807) is 6.07 Å². The molecule has 0 aromatic heterocycles. The Kier molecular flexibility index (Phi) is 5.74. The summed E-state index contributed by atoms with van der Waals surface area (Å²) in [6, 6.07) is 4.19. The SMILES string of the molecule is CCC(CBr)NC(=O)c1cc(Br)cc([N+](=O)[O-])c1. The summed E-state index contributed by atoms with van der Waals surface area (Å²) in [6.07, 6.45) is 0.785. The van der Waals surface area contributed by atoms with Gasteiger partial charge in [-0.3, -0.25) is 14.9 Å². The number of carbonyl (C=O) groups is 1. The van der Waals surface area contributed by atoms with E-state index in [1.165, 1.54) is 12.1 Å². The van der Waals surface area contributed by atoms with E-state index in [1.807, 2.05) is 6.92 Å². The molecule has 1 atom stereocenters. The molecule has 1 amide bonds. The molecule has 0 saturated carbocycles. The first-order valence-electron chi connectivity index (χ1n) is 5.29. The number of nitrogens with zero attached hydrogens (tertiary/aromatic N) is 1. The molecule has 7 heteroatoms. The molecular formula is C11H12Br2N2O3. The maximum Gasteiger partial charge on any atom is 0.271 e. The summed E-state index contributed by atoms with van der Waals surface area (Å²) in [7, 11) is 0. The molecule has 18 heavy (non-hydrogen) atoms. The van der Waals surface area contributed by atoms with Crippen molar-refractivity contribution in [3.8, 4) is 0 Å². The monoisotopic (exact) mass is 378 g/mol. The van der Waals surface area contributed by atoms with Crippen LogP contribution in [0, 0.1) is 10.1 Å². The van der Waals surface area contributed by atoms with Crippen molar-refractivity contribution in [2.45, 2.75) is 19.4 Å². The Balaban J connectivity index is 2.95. The Morgan fingerprint density at radius 3 is 2.67 bits per heavy atom. The lowest BCUT2D eigenvalue weighted by atomic mass is 10.1. The number of nitro groups is 1. The predicted octanol–water partition coefficient (Wildman–Crippen LogP) is 3.26. The third kappa shape index (κ3) is 4.06. The van der Waals surface area contributed by atoms with E-state index < -0.39 is 4.92 Å². The Labute approximate surface area is 121 Å². The maximum atomic E-state index is 11.9. The largest absolute Gasteiger partial charge is 0.348 e. The number of nitrogens with one attached hydrogen (secondary N) is 1. The molecule has 5 nitrogen and oxygen atoms in total. The van der Waals surface area contributed by atoms with Gasteiger partial charge in [0.15, 0.2) is 0 Å². The summed E-state index contributed by atoms with van der Waals surface area (Å²) in [4.78, 5) is 22.1. The van der Waals surface area contributed by atoms with Crippen LogP contribution in [0.15, 0.2) is 22.7 Å². The smallest absolute Gasteiger partial charge is 0.271 e. The maximum absolute atomic E-state index is 11.9. The van der Waals surface area contributed by atoms with Crippen molar-refractivity contribution >= 4 is 43.5 Å².